The fourth-order valence-corrected chi connectivity index (χ4v) is 2.45. The van der Waals surface area contributed by atoms with Crippen molar-refractivity contribution in [2.75, 3.05) is 5.73 Å². The molecule has 3 N–H and O–H groups in total. The molecule has 3 aromatic rings. The third-order valence-corrected chi connectivity index (χ3v) is 3.61. The summed E-state index contributed by atoms with van der Waals surface area (Å²) in [7, 11) is 0. The van der Waals surface area contributed by atoms with Crippen LogP contribution in [0.2, 0.25) is 5.02 Å². The van der Waals surface area contributed by atoms with Gasteiger partial charge in [0.15, 0.2) is 5.82 Å². The number of aromatic nitrogens is 2. The van der Waals surface area contributed by atoms with E-state index >= 15 is 0 Å². The number of halogens is 1. The zero-order valence-electron chi connectivity index (χ0n) is 11.0. The highest BCUT2D eigenvalue weighted by Gasteiger charge is 2.16. The molecule has 0 aliphatic carbocycles. The van der Waals surface area contributed by atoms with Gasteiger partial charge in [0.05, 0.1) is 11.3 Å². The lowest BCUT2D eigenvalue weighted by molar-refractivity contribution is 1.10. The largest absolute Gasteiger partial charge is 0.382 e. The van der Waals surface area contributed by atoms with Crippen molar-refractivity contribution in [3.05, 3.63) is 59.1 Å². The van der Waals surface area contributed by atoms with Crippen LogP contribution in [0.5, 0.6) is 0 Å². The highest BCUT2D eigenvalue weighted by atomic mass is 35.5. The van der Waals surface area contributed by atoms with Crippen LogP contribution in [0.3, 0.4) is 0 Å². The van der Waals surface area contributed by atoms with E-state index in [1.165, 1.54) is 5.56 Å². The molecule has 4 heteroatoms. The van der Waals surface area contributed by atoms with E-state index in [4.69, 9.17) is 17.3 Å². The molecule has 0 aliphatic heterocycles. The lowest BCUT2D eigenvalue weighted by Crippen LogP contribution is -1.89. The average molecular weight is 284 g/mol. The number of nitrogens with two attached hydrogens (primary N) is 1. The Morgan fingerprint density at radius 2 is 1.75 bits per heavy atom. The first-order chi connectivity index (χ1) is 9.66. The molecule has 0 atom stereocenters. The molecule has 20 heavy (non-hydrogen) atoms. The maximum absolute atomic E-state index is 6.28. The molecule has 0 spiro atoms. The zero-order valence-corrected chi connectivity index (χ0v) is 11.8. The predicted octanol–water partition coefficient (Wildman–Crippen LogP) is 4.29. The van der Waals surface area contributed by atoms with E-state index in [0.29, 0.717) is 10.8 Å². The lowest BCUT2D eigenvalue weighted by Gasteiger charge is -2.07. The summed E-state index contributed by atoms with van der Waals surface area (Å²) < 4.78 is 0. The Morgan fingerprint density at radius 3 is 2.45 bits per heavy atom. The fourth-order valence-electron chi connectivity index (χ4n) is 2.22. The molecule has 0 saturated carbocycles. The van der Waals surface area contributed by atoms with E-state index in [9.17, 15) is 0 Å². The quantitative estimate of drug-likeness (QED) is 0.737. The van der Waals surface area contributed by atoms with E-state index < -0.39 is 0 Å². The van der Waals surface area contributed by atoms with E-state index in [1.54, 1.807) is 0 Å². The van der Waals surface area contributed by atoms with Crippen LogP contribution >= 0.6 is 11.6 Å². The summed E-state index contributed by atoms with van der Waals surface area (Å²) in [6, 6.07) is 15.8. The van der Waals surface area contributed by atoms with Crippen molar-refractivity contribution >= 4 is 17.4 Å². The first-order valence-electron chi connectivity index (χ1n) is 6.32. The topological polar surface area (TPSA) is 54.7 Å². The van der Waals surface area contributed by atoms with Gasteiger partial charge in [0.2, 0.25) is 0 Å². The molecule has 0 bridgehead atoms. The van der Waals surface area contributed by atoms with Gasteiger partial charge in [-0.3, -0.25) is 5.10 Å². The van der Waals surface area contributed by atoms with Crippen LogP contribution in [0, 0.1) is 6.92 Å². The molecule has 0 fully saturated rings. The summed E-state index contributed by atoms with van der Waals surface area (Å²) >= 11 is 6.28. The number of hydrogen-bond donors (Lipinski definition) is 2. The molecular formula is C16H14ClN3. The van der Waals surface area contributed by atoms with E-state index in [-0.39, 0.29) is 0 Å². The van der Waals surface area contributed by atoms with Crippen molar-refractivity contribution in [1.82, 2.24) is 10.2 Å². The molecule has 3 rings (SSSR count). The summed E-state index contributed by atoms with van der Waals surface area (Å²) in [6.07, 6.45) is 0. The standard InChI is InChI=1S/C16H14ClN3/c1-10-6-8-11(9-7-10)15-14(16(18)20-19-15)12-4-2-3-5-13(12)17/h2-9H,1H3,(H3,18,19,20). The molecule has 0 radical (unpaired) electrons. The molecule has 1 heterocycles. The minimum atomic E-state index is 0.452. The predicted molar refractivity (Wildman–Crippen MR) is 83.6 cm³/mol. The number of nitrogens with zero attached hydrogens (tertiary/aromatic N) is 1. The average Bonchev–Trinajstić information content (AvgIpc) is 2.82. The van der Waals surface area contributed by atoms with E-state index in [0.717, 1.165) is 22.4 Å². The van der Waals surface area contributed by atoms with Crippen molar-refractivity contribution in [1.29, 1.82) is 0 Å². The Kier molecular flexibility index (Phi) is 3.20. The molecule has 1 aromatic heterocycles. The summed E-state index contributed by atoms with van der Waals surface area (Å²) in [6.45, 7) is 2.06. The second-order valence-corrected chi connectivity index (χ2v) is 5.11. The minimum absolute atomic E-state index is 0.452. The molecule has 100 valence electrons. The maximum Gasteiger partial charge on any atom is 0.153 e. The first-order valence-corrected chi connectivity index (χ1v) is 6.70. The van der Waals surface area contributed by atoms with Gasteiger partial charge in [0.1, 0.15) is 0 Å². The second-order valence-electron chi connectivity index (χ2n) is 4.70. The van der Waals surface area contributed by atoms with Gasteiger partial charge in [0.25, 0.3) is 0 Å². The Balaban J connectivity index is 2.20. The summed E-state index contributed by atoms with van der Waals surface area (Å²) in [5.41, 5.74) is 10.9. The second kappa shape index (κ2) is 5.02. The number of nitrogen functional groups attached to an aromatic ring is 1. The van der Waals surface area contributed by atoms with Crippen LogP contribution in [0.1, 0.15) is 5.56 Å². The van der Waals surface area contributed by atoms with Gasteiger partial charge < -0.3 is 5.73 Å². The van der Waals surface area contributed by atoms with Crippen molar-refractivity contribution in [3.63, 3.8) is 0 Å². The molecule has 0 aliphatic rings. The number of anilines is 1. The smallest absolute Gasteiger partial charge is 0.153 e. The SMILES string of the molecule is Cc1ccc(-c2[nH]nc(N)c2-c2ccccc2Cl)cc1. The fraction of sp³-hybridized carbons (Fsp3) is 0.0625. The molecule has 0 amide bonds. The van der Waals surface area contributed by atoms with E-state index in [1.807, 2.05) is 36.4 Å². The van der Waals surface area contributed by atoms with Crippen molar-refractivity contribution in [3.8, 4) is 22.4 Å². The van der Waals surface area contributed by atoms with Crippen molar-refractivity contribution in [2.24, 2.45) is 0 Å². The number of aryl methyl sites for hydroxylation is 1. The monoisotopic (exact) mass is 283 g/mol. The Morgan fingerprint density at radius 1 is 1.05 bits per heavy atom. The number of hydrogen-bond acceptors (Lipinski definition) is 2. The third kappa shape index (κ3) is 2.17. The molecule has 0 unspecified atom stereocenters. The van der Waals surface area contributed by atoms with Crippen LogP contribution in [-0.4, -0.2) is 10.2 Å². The van der Waals surface area contributed by atoms with Crippen molar-refractivity contribution in [2.45, 2.75) is 6.92 Å². The van der Waals surface area contributed by atoms with E-state index in [2.05, 4.69) is 29.3 Å². The number of aromatic amines is 1. The Hall–Kier alpha value is -2.26. The van der Waals surface area contributed by atoms with Crippen molar-refractivity contribution < 1.29 is 0 Å². The molecular weight excluding hydrogens is 270 g/mol. The summed E-state index contributed by atoms with van der Waals surface area (Å²) in [4.78, 5) is 0. The number of H-pyrrole nitrogens is 1. The molecule has 3 nitrogen and oxygen atoms in total. The third-order valence-electron chi connectivity index (χ3n) is 3.28. The summed E-state index contributed by atoms with van der Waals surface area (Å²) in [5.74, 6) is 0.452. The van der Waals surface area contributed by atoms with Gasteiger partial charge in [-0.05, 0) is 13.0 Å². The van der Waals surface area contributed by atoms with Crippen LogP contribution in [0.15, 0.2) is 48.5 Å². The van der Waals surface area contributed by atoms with Gasteiger partial charge in [-0.1, -0.05) is 59.6 Å². The normalized spacial score (nSPS) is 10.7. The van der Waals surface area contributed by atoms with Crippen LogP contribution in [0.25, 0.3) is 22.4 Å². The first kappa shape index (κ1) is 12.8. The van der Waals surface area contributed by atoms with Gasteiger partial charge in [-0.2, -0.15) is 5.10 Å². The lowest BCUT2D eigenvalue weighted by atomic mass is 10.0. The summed E-state index contributed by atoms with van der Waals surface area (Å²) in [5, 5.41) is 7.79. The minimum Gasteiger partial charge on any atom is -0.382 e. The number of rotatable bonds is 2. The highest BCUT2D eigenvalue weighted by molar-refractivity contribution is 6.33. The van der Waals surface area contributed by atoms with Crippen LogP contribution < -0.4 is 5.73 Å². The van der Waals surface area contributed by atoms with Crippen LogP contribution in [0.4, 0.5) is 5.82 Å². The highest BCUT2D eigenvalue weighted by Crippen LogP contribution is 2.38. The zero-order chi connectivity index (χ0) is 14.1. The van der Waals surface area contributed by atoms with Crippen LogP contribution in [-0.2, 0) is 0 Å². The van der Waals surface area contributed by atoms with Gasteiger partial charge in [-0.25, -0.2) is 0 Å². The molecule has 0 saturated heterocycles. The van der Waals surface area contributed by atoms with Gasteiger partial charge >= 0.3 is 0 Å². The Labute approximate surface area is 122 Å². The maximum atomic E-state index is 6.28. The Bertz CT molecular complexity index is 745. The van der Waals surface area contributed by atoms with Gasteiger partial charge in [0, 0.05) is 16.1 Å². The van der Waals surface area contributed by atoms with Gasteiger partial charge in [-0.15, -0.1) is 0 Å². The number of nitrogens with one attached hydrogen (secondary N) is 1. The number of benzene rings is 2. The molecule has 2 aromatic carbocycles.